The Morgan fingerprint density at radius 1 is 1.73 bits per heavy atom. The van der Waals surface area contributed by atoms with Gasteiger partial charge in [0.15, 0.2) is 0 Å². The molecule has 0 spiro atoms. The van der Waals surface area contributed by atoms with Gasteiger partial charge in [0.1, 0.15) is 12.3 Å². The fourth-order valence-corrected chi connectivity index (χ4v) is 1.74. The van der Waals surface area contributed by atoms with Gasteiger partial charge in [-0.1, -0.05) is 13.3 Å². The van der Waals surface area contributed by atoms with Crippen molar-refractivity contribution in [1.82, 2.24) is 9.78 Å². The normalized spacial score (nSPS) is 20.1. The number of carbonyl (C=O) groups excluding carboxylic acids is 1. The van der Waals surface area contributed by atoms with Crippen molar-refractivity contribution in [1.29, 1.82) is 0 Å². The molecule has 0 aliphatic carbocycles. The molecule has 1 atom stereocenters. The molecule has 5 nitrogen and oxygen atoms in total. The summed E-state index contributed by atoms with van der Waals surface area (Å²) in [5, 5.41) is 6.85. The molecule has 0 saturated heterocycles. The van der Waals surface area contributed by atoms with Gasteiger partial charge in [0.25, 0.3) is 0 Å². The lowest BCUT2D eigenvalue weighted by Gasteiger charge is -2.10. The van der Waals surface area contributed by atoms with Gasteiger partial charge in [0.2, 0.25) is 11.8 Å². The predicted octanol–water partition coefficient (Wildman–Crippen LogP) is 1.17. The Labute approximate surface area is 88.4 Å². The van der Waals surface area contributed by atoms with E-state index in [-0.39, 0.29) is 11.8 Å². The van der Waals surface area contributed by atoms with E-state index in [9.17, 15) is 4.79 Å². The van der Waals surface area contributed by atoms with Gasteiger partial charge in [0.05, 0.1) is 12.1 Å². The van der Waals surface area contributed by atoms with E-state index in [2.05, 4.69) is 17.3 Å². The molecule has 1 amide bonds. The highest BCUT2D eigenvalue weighted by Crippen LogP contribution is 2.27. The SMILES string of the molecule is CCC[C@H]1COc2c(cnn2C)NC1=O. The standard InChI is InChI=1S/C10H15N3O2/c1-3-4-7-6-15-10-8(12-9(7)14)5-11-13(10)2/h5,7H,3-4,6H2,1-2H3,(H,12,14)/t7-/m0/s1. The zero-order valence-corrected chi connectivity index (χ0v) is 8.99. The molecule has 0 aromatic carbocycles. The van der Waals surface area contributed by atoms with Crippen LogP contribution in [0.1, 0.15) is 19.8 Å². The van der Waals surface area contributed by atoms with E-state index in [1.807, 2.05) is 0 Å². The first-order chi connectivity index (χ1) is 7.22. The van der Waals surface area contributed by atoms with Gasteiger partial charge >= 0.3 is 0 Å². The largest absolute Gasteiger partial charge is 0.476 e. The summed E-state index contributed by atoms with van der Waals surface area (Å²) in [6, 6.07) is 0. The first-order valence-corrected chi connectivity index (χ1v) is 5.18. The summed E-state index contributed by atoms with van der Waals surface area (Å²) >= 11 is 0. The van der Waals surface area contributed by atoms with Crippen LogP contribution in [0.25, 0.3) is 0 Å². The Morgan fingerprint density at radius 3 is 3.27 bits per heavy atom. The maximum atomic E-state index is 11.7. The third kappa shape index (κ3) is 1.82. The summed E-state index contributed by atoms with van der Waals surface area (Å²) < 4.78 is 7.20. The zero-order chi connectivity index (χ0) is 10.8. The molecular weight excluding hydrogens is 194 g/mol. The van der Waals surface area contributed by atoms with Crippen LogP contribution in [-0.4, -0.2) is 22.3 Å². The number of nitrogens with zero attached hydrogens (tertiary/aromatic N) is 2. The van der Waals surface area contributed by atoms with E-state index >= 15 is 0 Å². The number of ether oxygens (including phenoxy) is 1. The van der Waals surface area contributed by atoms with Gasteiger partial charge in [-0.05, 0) is 6.42 Å². The third-order valence-corrected chi connectivity index (χ3v) is 2.57. The number of carbonyl (C=O) groups is 1. The fraction of sp³-hybridized carbons (Fsp3) is 0.600. The Kier molecular flexibility index (Phi) is 2.62. The molecule has 1 aliphatic rings. The lowest BCUT2D eigenvalue weighted by Crippen LogP contribution is -2.25. The lowest BCUT2D eigenvalue weighted by atomic mass is 10.0. The summed E-state index contributed by atoms with van der Waals surface area (Å²) in [6.07, 6.45) is 3.45. The monoisotopic (exact) mass is 209 g/mol. The molecule has 0 unspecified atom stereocenters. The van der Waals surface area contributed by atoms with E-state index in [0.29, 0.717) is 18.2 Å². The van der Waals surface area contributed by atoms with Crippen LogP contribution in [0, 0.1) is 5.92 Å². The number of aryl methyl sites for hydroxylation is 1. The van der Waals surface area contributed by atoms with Gasteiger partial charge in [0, 0.05) is 7.05 Å². The van der Waals surface area contributed by atoms with Crippen LogP contribution < -0.4 is 10.1 Å². The van der Waals surface area contributed by atoms with Gasteiger partial charge in [-0.25, -0.2) is 4.68 Å². The van der Waals surface area contributed by atoms with E-state index in [1.54, 1.807) is 17.9 Å². The van der Waals surface area contributed by atoms with Crippen molar-refractivity contribution in [2.75, 3.05) is 11.9 Å². The minimum Gasteiger partial charge on any atom is -0.476 e. The number of aromatic nitrogens is 2. The van der Waals surface area contributed by atoms with Crippen LogP contribution >= 0.6 is 0 Å². The highest BCUT2D eigenvalue weighted by atomic mass is 16.5. The molecule has 2 heterocycles. The average Bonchev–Trinajstić information content (AvgIpc) is 2.45. The van der Waals surface area contributed by atoms with E-state index in [1.165, 1.54) is 0 Å². The summed E-state index contributed by atoms with van der Waals surface area (Å²) in [6.45, 7) is 2.50. The molecule has 2 rings (SSSR count). The second kappa shape index (κ2) is 3.92. The van der Waals surface area contributed by atoms with E-state index in [4.69, 9.17) is 4.74 Å². The van der Waals surface area contributed by atoms with Gasteiger partial charge < -0.3 is 10.1 Å². The van der Waals surface area contributed by atoms with E-state index < -0.39 is 0 Å². The molecule has 1 N–H and O–H groups in total. The average molecular weight is 209 g/mol. The van der Waals surface area contributed by atoms with Crippen molar-refractivity contribution in [3.63, 3.8) is 0 Å². The maximum absolute atomic E-state index is 11.7. The Hall–Kier alpha value is -1.52. The third-order valence-electron chi connectivity index (χ3n) is 2.57. The summed E-state index contributed by atoms with van der Waals surface area (Å²) in [5.74, 6) is 0.618. The van der Waals surface area contributed by atoms with Crippen molar-refractivity contribution in [2.45, 2.75) is 19.8 Å². The predicted molar refractivity (Wildman–Crippen MR) is 55.7 cm³/mol. The van der Waals surface area contributed by atoms with Crippen LogP contribution in [0.5, 0.6) is 5.88 Å². The lowest BCUT2D eigenvalue weighted by molar-refractivity contribution is -0.120. The molecule has 0 bridgehead atoms. The molecule has 1 aromatic rings. The van der Waals surface area contributed by atoms with Crippen molar-refractivity contribution < 1.29 is 9.53 Å². The maximum Gasteiger partial charge on any atom is 0.236 e. The number of anilines is 1. The van der Waals surface area contributed by atoms with Crippen molar-refractivity contribution in [3.8, 4) is 5.88 Å². The number of hydrogen-bond donors (Lipinski definition) is 1. The van der Waals surface area contributed by atoms with Crippen LogP contribution in [0.4, 0.5) is 5.69 Å². The molecule has 1 aromatic heterocycles. The number of nitrogens with one attached hydrogen (secondary N) is 1. The van der Waals surface area contributed by atoms with Gasteiger partial charge in [-0.15, -0.1) is 0 Å². The van der Waals surface area contributed by atoms with Gasteiger partial charge in [-0.3, -0.25) is 4.79 Å². The topological polar surface area (TPSA) is 56.1 Å². The molecule has 15 heavy (non-hydrogen) atoms. The second-order valence-electron chi connectivity index (χ2n) is 3.77. The molecule has 0 fully saturated rings. The molecule has 0 saturated carbocycles. The molecule has 5 heteroatoms. The Bertz CT molecular complexity index is 373. The highest BCUT2D eigenvalue weighted by Gasteiger charge is 2.25. The Balaban J connectivity index is 2.19. The molecule has 82 valence electrons. The van der Waals surface area contributed by atoms with Crippen LogP contribution in [0.15, 0.2) is 6.20 Å². The molecule has 1 aliphatic heterocycles. The summed E-state index contributed by atoms with van der Waals surface area (Å²) in [5.41, 5.74) is 0.668. The quantitative estimate of drug-likeness (QED) is 0.795. The summed E-state index contributed by atoms with van der Waals surface area (Å²) in [4.78, 5) is 11.7. The van der Waals surface area contributed by atoms with Crippen molar-refractivity contribution >= 4 is 11.6 Å². The fourth-order valence-electron chi connectivity index (χ4n) is 1.74. The van der Waals surface area contributed by atoms with Crippen LogP contribution in [-0.2, 0) is 11.8 Å². The minimum absolute atomic E-state index is 0.0311. The number of fused-ring (bicyclic) bond motifs is 1. The van der Waals surface area contributed by atoms with Crippen molar-refractivity contribution in [3.05, 3.63) is 6.20 Å². The first-order valence-electron chi connectivity index (χ1n) is 5.18. The zero-order valence-electron chi connectivity index (χ0n) is 8.99. The minimum atomic E-state index is -0.0533. The smallest absolute Gasteiger partial charge is 0.236 e. The van der Waals surface area contributed by atoms with Gasteiger partial charge in [-0.2, -0.15) is 5.10 Å². The number of rotatable bonds is 2. The number of hydrogen-bond acceptors (Lipinski definition) is 3. The Morgan fingerprint density at radius 2 is 2.53 bits per heavy atom. The second-order valence-corrected chi connectivity index (χ2v) is 3.77. The molecular formula is C10H15N3O2. The van der Waals surface area contributed by atoms with Crippen molar-refractivity contribution in [2.24, 2.45) is 13.0 Å². The highest BCUT2D eigenvalue weighted by molar-refractivity contribution is 5.94. The summed E-state index contributed by atoms with van der Waals surface area (Å²) in [7, 11) is 1.80. The first kappa shape index (κ1) is 10.0. The number of amides is 1. The molecule has 0 radical (unpaired) electrons. The van der Waals surface area contributed by atoms with Crippen LogP contribution in [0.2, 0.25) is 0 Å². The van der Waals surface area contributed by atoms with Crippen LogP contribution in [0.3, 0.4) is 0 Å². The van der Waals surface area contributed by atoms with E-state index in [0.717, 1.165) is 12.8 Å².